The molecule has 0 atom stereocenters. The molecule has 0 aliphatic heterocycles. The van der Waals surface area contributed by atoms with Gasteiger partial charge in [0.2, 0.25) is 0 Å². The van der Waals surface area contributed by atoms with Crippen LogP contribution in [0.15, 0.2) is 65.6 Å². The highest BCUT2D eigenvalue weighted by molar-refractivity contribution is 6.04. The standard InChI is InChI=1S/C21H19N5O2/c1-25(13-18-22-12-17(23-18)14-8-4-3-5-9-14)21(28)19-15-10-6-7-11-16(15)20(27)26(2)24-19/h3-12H,13H2,1-2H3,(H,22,23). The van der Waals surface area contributed by atoms with E-state index < -0.39 is 0 Å². The first-order valence-corrected chi connectivity index (χ1v) is 8.85. The van der Waals surface area contributed by atoms with Crippen molar-refractivity contribution in [3.8, 4) is 11.3 Å². The maximum absolute atomic E-state index is 13.0. The molecule has 1 N–H and O–H groups in total. The van der Waals surface area contributed by atoms with Crippen molar-refractivity contribution >= 4 is 16.7 Å². The van der Waals surface area contributed by atoms with Gasteiger partial charge in [0, 0.05) is 19.5 Å². The Balaban J connectivity index is 1.61. The number of hydrogen-bond donors (Lipinski definition) is 1. The summed E-state index contributed by atoms with van der Waals surface area (Å²) >= 11 is 0. The van der Waals surface area contributed by atoms with Crippen LogP contribution in [0.2, 0.25) is 0 Å². The molecule has 28 heavy (non-hydrogen) atoms. The molecule has 0 spiro atoms. The van der Waals surface area contributed by atoms with Gasteiger partial charge in [0.25, 0.3) is 11.5 Å². The van der Waals surface area contributed by atoms with Crippen LogP contribution >= 0.6 is 0 Å². The number of nitrogens with one attached hydrogen (secondary N) is 1. The Hall–Kier alpha value is -3.74. The van der Waals surface area contributed by atoms with Crippen LogP contribution in [0.25, 0.3) is 22.0 Å². The van der Waals surface area contributed by atoms with E-state index in [4.69, 9.17) is 0 Å². The predicted octanol–water partition coefficient (Wildman–Crippen LogP) is 2.60. The zero-order valence-electron chi connectivity index (χ0n) is 15.6. The largest absolute Gasteiger partial charge is 0.341 e. The maximum Gasteiger partial charge on any atom is 0.275 e. The molecule has 4 aromatic rings. The van der Waals surface area contributed by atoms with E-state index in [-0.39, 0.29) is 17.2 Å². The van der Waals surface area contributed by atoms with Crippen molar-refractivity contribution in [2.75, 3.05) is 7.05 Å². The fraction of sp³-hybridized carbons (Fsp3) is 0.143. The van der Waals surface area contributed by atoms with Crippen LogP contribution in [0, 0.1) is 0 Å². The van der Waals surface area contributed by atoms with Gasteiger partial charge < -0.3 is 9.88 Å². The first kappa shape index (κ1) is 17.7. The smallest absolute Gasteiger partial charge is 0.275 e. The minimum Gasteiger partial charge on any atom is -0.341 e. The van der Waals surface area contributed by atoms with Gasteiger partial charge in [0.05, 0.1) is 23.8 Å². The SMILES string of the molecule is CN(Cc1ncc(-c2ccccc2)[nH]1)C(=O)c1nn(C)c(=O)c2ccccc12. The van der Waals surface area contributed by atoms with Crippen molar-refractivity contribution in [1.29, 1.82) is 0 Å². The highest BCUT2D eigenvalue weighted by atomic mass is 16.2. The van der Waals surface area contributed by atoms with Gasteiger partial charge in [0.15, 0.2) is 5.69 Å². The second-order valence-corrected chi connectivity index (χ2v) is 6.59. The van der Waals surface area contributed by atoms with Crippen molar-refractivity contribution < 1.29 is 4.79 Å². The third-order valence-electron chi connectivity index (χ3n) is 4.61. The molecule has 7 nitrogen and oxygen atoms in total. The zero-order valence-corrected chi connectivity index (χ0v) is 15.6. The summed E-state index contributed by atoms with van der Waals surface area (Å²) in [6.45, 7) is 0.296. The Labute approximate surface area is 161 Å². The summed E-state index contributed by atoms with van der Waals surface area (Å²) in [5.41, 5.74) is 1.94. The van der Waals surface area contributed by atoms with E-state index in [9.17, 15) is 9.59 Å². The van der Waals surface area contributed by atoms with Crippen LogP contribution in [0.3, 0.4) is 0 Å². The highest BCUT2D eigenvalue weighted by Crippen LogP contribution is 2.18. The summed E-state index contributed by atoms with van der Waals surface area (Å²) in [4.78, 5) is 34.4. The second kappa shape index (κ2) is 7.11. The fourth-order valence-electron chi connectivity index (χ4n) is 3.14. The van der Waals surface area contributed by atoms with E-state index in [2.05, 4.69) is 15.1 Å². The Morgan fingerprint density at radius 2 is 1.75 bits per heavy atom. The van der Waals surface area contributed by atoms with E-state index in [1.54, 1.807) is 44.6 Å². The van der Waals surface area contributed by atoms with Crippen LogP contribution in [-0.4, -0.2) is 37.6 Å². The Kier molecular flexibility index (Phi) is 4.49. The number of aromatic nitrogens is 4. The van der Waals surface area contributed by atoms with E-state index in [1.807, 2.05) is 30.3 Å². The molecule has 2 heterocycles. The van der Waals surface area contributed by atoms with Gasteiger partial charge >= 0.3 is 0 Å². The molecule has 0 aliphatic carbocycles. The third kappa shape index (κ3) is 3.18. The van der Waals surface area contributed by atoms with Crippen LogP contribution in [0.5, 0.6) is 0 Å². The molecule has 2 aromatic carbocycles. The molecular formula is C21H19N5O2. The van der Waals surface area contributed by atoms with Crippen LogP contribution in [0.4, 0.5) is 0 Å². The monoisotopic (exact) mass is 373 g/mol. The average Bonchev–Trinajstić information content (AvgIpc) is 3.19. The highest BCUT2D eigenvalue weighted by Gasteiger charge is 2.20. The Morgan fingerprint density at radius 1 is 1.07 bits per heavy atom. The molecule has 7 heteroatoms. The molecular weight excluding hydrogens is 354 g/mol. The number of imidazole rings is 1. The number of carbonyl (C=O) groups is 1. The van der Waals surface area contributed by atoms with E-state index in [1.165, 1.54) is 9.58 Å². The number of hydrogen-bond acceptors (Lipinski definition) is 4. The number of nitrogens with zero attached hydrogens (tertiary/aromatic N) is 4. The van der Waals surface area contributed by atoms with Crippen molar-refractivity contribution in [2.24, 2.45) is 7.05 Å². The summed E-state index contributed by atoms with van der Waals surface area (Å²) < 4.78 is 1.20. The molecule has 0 saturated carbocycles. The number of rotatable bonds is 4. The van der Waals surface area contributed by atoms with Crippen LogP contribution < -0.4 is 5.56 Å². The first-order chi connectivity index (χ1) is 13.5. The quantitative estimate of drug-likeness (QED) is 0.596. The molecule has 0 unspecified atom stereocenters. The summed E-state index contributed by atoms with van der Waals surface area (Å²) in [5.74, 6) is 0.397. The van der Waals surface area contributed by atoms with Crippen molar-refractivity contribution in [2.45, 2.75) is 6.54 Å². The molecule has 0 saturated heterocycles. The molecule has 140 valence electrons. The Morgan fingerprint density at radius 3 is 2.50 bits per heavy atom. The topological polar surface area (TPSA) is 83.9 Å². The van der Waals surface area contributed by atoms with Crippen molar-refractivity contribution in [3.05, 3.63) is 82.7 Å². The van der Waals surface area contributed by atoms with Crippen molar-refractivity contribution in [3.63, 3.8) is 0 Å². The van der Waals surface area contributed by atoms with Gasteiger partial charge in [-0.2, -0.15) is 5.10 Å². The first-order valence-electron chi connectivity index (χ1n) is 8.85. The van der Waals surface area contributed by atoms with Gasteiger partial charge in [0.1, 0.15) is 5.82 Å². The summed E-state index contributed by atoms with van der Waals surface area (Å²) in [6.07, 6.45) is 1.75. The van der Waals surface area contributed by atoms with Gasteiger partial charge in [-0.3, -0.25) is 9.59 Å². The molecule has 1 amide bonds. The number of benzene rings is 2. The number of aryl methyl sites for hydroxylation is 1. The lowest BCUT2D eigenvalue weighted by Crippen LogP contribution is -2.31. The molecule has 0 bridgehead atoms. The van der Waals surface area contributed by atoms with Crippen LogP contribution in [-0.2, 0) is 13.6 Å². The van der Waals surface area contributed by atoms with Crippen LogP contribution in [0.1, 0.15) is 16.3 Å². The lowest BCUT2D eigenvalue weighted by molar-refractivity contribution is 0.0776. The molecule has 0 fully saturated rings. The van der Waals surface area contributed by atoms with Gasteiger partial charge in [-0.15, -0.1) is 0 Å². The predicted molar refractivity (Wildman–Crippen MR) is 107 cm³/mol. The third-order valence-corrected chi connectivity index (χ3v) is 4.61. The number of carbonyl (C=O) groups excluding carboxylic acids is 1. The van der Waals surface area contributed by atoms with E-state index >= 15 is 0 Å². The lowest BCUT2D eigenvalue weighted by atomic mass is 10.1. The number of H-pyrrole nitrogens is 1. The number of fused-ring (bicyclic) bond motifs is 1. The Bertz CT molecular complexity index is 1210. The number of amides is 1. The second-order valence-electron chi connectivity index (χ2n) is 6.59. The molecule has 0 aliphatic rings. The van der Waals surface area contributed by atoms with E-state index in [0.717, 1.165) is 11.3 Å². The molecule has 0 radical (unpaired) electrons. The van der Waals surface area contributed by atoms with E-state index in [0.29, 0.717) is 23.1 Å². The minimum absolute atomic E-state index is 0.228. The fourth-order valence-corrected chi connectivity index (χ4v) is 3.14. The number of aromatic amines is 1. The average molecular weight is 373 g/mol. The van der Waals surface area contributed by atoms with Gasteiger partial charge in [-0.1, -0.05) is 48.5 Å². The summed E-state index contributed by atoms with van der Waals surface area (Å²) in [5, 5.41) is 5.22. The maximum atomic E-state index is 13.0. The van der Waals surface area contributed by atoms with Crippen molar-refractivity contribution in [1.82, 2.24) is 24.6 Å². The zero-order chi connectivity index (χ0) is 19.7. The minimum atomic E-state index is -0.274. The summed E-state index contributed by atoms with van der Waals surface area (Å²) in [7, 11) is 3.23. The molecule has 2 aromatic heterocycles. The van der Waals surface area contributed by atoms with Gasteiger partial charge in [-0.25, -0.2) is 9.67 Å². The molecule has 4 rings (SSSR count). The normalized spacial score (nSPS) is 10.9. The summed E-state index contributed by atoms with van der Waals surface area (Å²) in [6, 6.07) is 16.9. The van der Waals surface area contributed by atoms with Gasteiger partial charge in [-0.05, 0) is 11.6 Å². The lowest BCUT2D eigenvalue weighted by Gasteiger charge is -2.16.